The van der Waals surface area contributed by atoms with E-state index >= 15 is 0 Å². The number of benzene rings is 2. The number of alkyl halides is 8. The van der Waals surface area contributed by atoms with E-state index < -0.39 is 41.2 Å². The molecule has 0 N–H and O–H groups in total. The van der Waals surface area contributed by atoms with Gasteiger partial charge in [-0.1, -0.05) is 36.4 Å². The van der Waals surface area contributed by atoms with Crippen molar-refractivity contribution in [3.8, 4) is 0 Å². The molecule has 8 heteroatoms. The van der Waals surface area contributed by atoms with Crippen molar-refractivity contribution in [2.24, 2.45) is 0 Å². The Bertz CT molecular complexity index is 671. The molecular formula is C14H8F8. The third-order valence-corrected chi connectivity index (χ3v) is 3.11. The standard InChI is InChI=1S/C14H8F8/c15-11(13(17,18)19)9-6-5-7-3-1-2-4-8(7)10(9)12(16)14(20,21)22/h1-6,11-12H. The summed E-state index contributed by atoms with van der Waals surface area (Å²) in [6.07, 6.45) is -18.3. The zero-order valence-corrected chi connectivity index (χ0v) is 10.6. The van der Waals surface area contributed by atoms with Crippen LogP contribution in [0.5, 0.6) is 0 Å². The van der Waals surface area contributed by atoms with Crippen molar-refractivity contribution in [3.05, 3.63) is 47.5 Å². The lowest BCUT2D eigenvalue weighted by molar-refractivity contribution is -0.190. The average Bonchev–Trinajstić information content (AvgIpc) is 2.42. The molecule has 2 aromatic carbocycles. The van der Waals surface area contributed by atoms with Crippen LogP contribution in [0.15, 0.2) is 36.4 Å². The van der Waals surface area contributed by atoms with Gasteiger partial charge in [0.2, 0.25) is 12.3 Å². The molecule has 0 spiro atoms. The Kier molecular flexibility index (Phi) is 4.06. The van der Waals surface area contributed by atoms with Gasteiger partial charge in [0.25, 0.3) is 0 Å². The topological polar surface area (TPSA) is 0 Å². The van der Waals surface area contributed by atoms with Gasteiger partial charge in [-0.2, -0.15) is 26.3 Å². The lowest BCUT2D eigenvalue weighted by Gasteiger charge is -2.22. The normalized spacial score (nSPS) is 15.8. The molecular weight excluding hydrogens is 320 g/mol. The van der Waals surface area contributed by atoms with Gasteiger partial charge < -0.3 is 0 Å². The van der Waals surface area contributed by atoms with Crippen LogP contribution in [0.1, 0.15) is 23.5 Å². The van der Waals surface area contributed by atoms with Gasteiger partial charge in [0.15, 0.2) is 0 Å². The second kappa shape index (κ2) is 5.40. The summed E-state index contributed by atoms with van der Waals surface area (Å²) in [5, 5.41) is -0.320. The van der Waals surface area contributed by atoms with Crippen LogP contribution in [0.3, 0.4) is 0 Å². The summed E-state index contributed by atoms with van der Waals surface area (Å²) in [5.74, 6) is 0. The highest BCUT2D eigenvalue weighted by molar-refractivity contribution is 5.87. The SMILES string of the molecule is FC(c1ccc2ccccc2c1C(F)C(F)(F)F)C(F)(F)F. The van der Waals surface area contributed by atoms with Crippen molar-refractivity contribution in [3.63, 3.8) is 0 Å². The predicted octanol–water partition coefficient (Wildman–Crippen LogP) is 5.99. The second-order valence-electron chi connectivity index (χ2n) is 4.60. The molecule has 2 aromatic rings. The van der Waals surface area contributed by atoms with E-state index in [9.17, 15) is 35.1 Å². The highest BCUT2D eigenvalue weighted by Gasteiger charge is 2.48. The number of hydrogen-bond acceptors (Lipinski definition) is 0. The zero-order chi connectivity index (χ0) is 16.7. The van der Waals surface area contributed by atoms with Crippen molar-refractivity contribution in [2.45, 2.75) is 24.7 Å². The Labute approximate surface area is 119 Å². The minimum Gasteiger partial charge on any atom is -0.232 e. The molecule has 2 rings (SSSR count). The molecule has 0 aliphatic carbocycles. The van der Waals surface area contributed by atoms with Gasteiger partial charge in [0.05, 0.1) is 0 Å². The molecule has 0 amide bonds. The quantitative estimate of drug-likeness (QED) is 0.594. The minimum absolute atomic E-state index is 0.0857. The van der Waals surface area contributed by atoms with Gasteiger partial charge in [0, 0.05) is 11.1 Å². The van der Waals surface area contributed by atoms with Gasteiger partial charge in [0.1, 0.15) is 0 Å². The van der Waals surface area contributed by atoms with E-state index in [1.54, 1.807) is 0 Å². The van der Waals surface area contributed by atoms with Gasteiger partial charge in [-0.25, -0.2) is 8.78 Å². The van der Waals surface area contributed by atoms with E-state index in [2.05, 4.69) is 0 Å². The van der Waals surface area contributed by atoms with Gasteiger partial charge in [-0.3, -0.25) is 0 Å². The van der Waals surface area contributed by atoms with Crippen molar-refractivity contribution >= 4 is 10.8 Å². The van der Waals surface area contributed by atoms with Gasteiger partial charge in [-0.05, 0) is 10.8 Å². The summed E-state index contributed by atoms with van der Waals surface area (Å²) >= 11 is 0. The van der Waals surface area contributed by atoms with Crippen LogP contribution in [0.25, 0.3) is 10.8 Å². The molecule has 2 unspecified atom stereocenters. The summed E-state index contributed by atoms with van der Waals surface area (Å²) in [4.78, 5) is 0. The Balaban J connectivity index is 2.77. The zero-order valence-electron chi connectivity index (χ0n) is 10.6. The molecule has 0 nitrogen and oxygen atoms in total. The smallest absolute Gasteiger partial charge is 0.232 e. The van der Waals surface area contributed by atoms with Crippen LogP contribution in [-0.4, -0.2) is 12.4 Å². The average molecular weight is 328 g/mol. The first-order valence-corrected chi connectivity index (χ1v) is 5.96. The second-order valence-corrected chi connectivity index (χ2v) is 4.60. The van der Waals surface area contributed by atoms with E-state index in [0.29, 0.717) is 6.07 Å². The maximum Gasteiger partial charge on any atom is 0.423 e. The van der Waals surface area contributed by atoms with Gasteiger partial charge >= 0.3 is 12.4 Å². The lowest BCUT2D eigenvalue weighted by Crippen LogP contribution is -2.23. The van der Waals surface area contributed by atoms with Crippen molar-refractivity contribution in [2.75, 3.05) is 0 Å². The maximum atomic E-state index is 13.7. The van der Waals surface area contributed by atoms with Crippen LogP contribution < -0.4 is 0 Å². The molecule has 0 saturated heterocycles. The van der Waals surface area contributed by atoms with Crippen molar-refractivity contribution in [1.29, 1.82) is 0 Å². The first-order valence-electron chi connectivity index (χ1n) is 5.96. The monoisotopic (exact) mass is 328 g/mol. The molecule has 0 fully saturated rings. The Morgan fingerprint density at radius 3 is 1.77 bits per heavy atom. The van der Waals surface area contributed by atoms with Crippen LogP contribution >= 0.6 is 0 Å². The first-order chi connectivity index (χ1) is 10.0. The molecule has 0 heterocycles. The third-order valence-electron chi connectivity index (χ3n) is 3.11. The minimum atomic E-state index is -5.44. The Morgan fingerprint density at radius 1 is 0.682 bits per heavy atom. The molecule has 0 aromatic heterocycles. The number of hydrogen-bond donors (Lipinski definition) is 0. The Hall–Kier alpha value is -1.86. The molecule has 120 valence electrons. The molecule has 2 atom stereocenters. The predicted molar refractivity (Wildman–Crippen MR) is 63.8 cm³/mol. The van der Waals surface area contributed by atoms with Crippen LogP contribution in [0, 0.1) is 0 Å². The third kappa shape index (κ3) is 3.00. The first kappa shape index (κ1) is 16.5. The fourth-order valence-corrected chi connectivity index (χ4v) is 2.16. The maximum absolute atomic E-state index is 13.7. The fourth-order valence-electron chi connectivity index (χ4n) is 2.16. The van der Waals surface area contributed by atoms with E-state index in [4.69, 9.17) is 0 Å². The van der Waals surface area contributed by atoms with Crippen LogP contribution in [0.2, 0.25) is 0 Å². The lowest BCUT2D eigenvalue weighted by atomic mass is 9.92. The van der Waals surface area contributed by atoms with E-state index in [-0.39, 0.29) is 5.39 Å². The molecule has 0 radical (unpaired) electrons. The van der Waals surface area contributed by atoms with Crippen LogP contribution in [0.4, 0.5) is 35.1 Å². The molecule has 0 aliphatic heterocycles. The fraction of sp³-hybridized carbons (Fsp3) is 0.286. The Morgan fingerprint density at radius 2 is 1.23 bits per heavy atom. The molecule has 0 saturated carbocycles. The van der Waals surface area contributed by atoms with E-state index in [1.165, 1.54) is 18.2 Å². The summed E-state index contributed by atoms with van der Waals surface area (Å²) in [6.45, 7) is 0. The molecule has 0 bridgehead atoms. The van der Waals surface area contributed by atoms with Gasteiger partial charge in [-0.15, -0.1) is 0 Å². The van der Waals surface area contributed by atoms with Crippen molar-refractivity contribution in [1.82, 2.24) is 0 Å². The number of rotatable bonds is 2. The summed E-state index contributed by atoms with van der Waals surface area (Å²) in [6, 6.07) is 6.54. The van der Waals surface area contributed by atoms with Crippen molar-refractivity contribution < 1.29 is 35.1 Å². The highest BCUT2D eigenvalue weighted by atomic mass is 19.4. The summed E-state index contributed by atoms with van der Waals surface area (Å²) < 4.78 is 103. The van der Waals surface area contributed by atoms with Crippen LogP contribution in [-0.2, 0) is 0 Å². The summed E-state index contributed by atoms with van der Waals surface area (Å²) in [7, 11) is 0. The molecule has 0 aliphatic rings. The number of halogens is 8. The van der Waals surface area contributed by atoms with E-state index in [0.717, 1.165) is 12.1 Å². The largest absolute Gasteiger partial charge is 0.423 e. The van der Waals surface area contributed by atoms with E-state index in [1.807, 2.05) is 0 Å². The number of fused-ring (bicyclic) bond motifs is 1. The summed E-state index contributed by atoms with van der Waals surface area (Å²) in [5.41, 5.74) is -2.70. The highest BCUT2D eigenvalue weighted by Crippen LogP contribution is 2.46. The molecule has 22 heavy (non-hydrogen) atoms.